The molecule has 20 heavy (non-hydrogen) atoms. The van der Waals surface area contributed by atoms with Crippen molar-refractivity contribution in [3.8, 4) is 0 Å². The van der Waals surface area contributed by atoms with E-state index in [-0.39, 0.29) is 17.7 Å². The number of amides is 1. The molecule has 2 aromatic heterocycles. The quantitative estimate of drug-likeness (QED) is 0.941. The second-order valence-corrected chi connectivity index (χ2v) is 6.71. The van der Waals surface area contributed by atoms with Gasteiger partial charge >= 0.3 is 0 Å². The van der Waals surface area contributed by atoms with Gasteiger partial charge in [-0.05, 0) is 6.92 Å². The predicted octanol–water partition coefficient (Wildman–Crippen LogP) is 2.60. The van der Waals surface area contributed by atoms with Gasteiger partial charge in [0.05, 0.1) is 24.4 Å². The monoisotopic (exact) mass is 293 g/mol. The van der Waals surface area contributed by atoms with Gasteiger partial charge < -0.3 is 9.84 Å². The maximum Gasteiger partial charge on any atom is 0.228 e. The molecule has 0 atom stereocenters. The maximum absolute atomic E-state index is 11.8. The van der Waals surface area contributed by atoms with Crippen LogP contribution in [0.4, 0.5) is 0 Å². The van der Waals surface area contributed by atoms with E-state index in [4.69, 9.17) is 4.52 Å². The van der Waals surface area contributed by atoms with Crippen LogP contribution in [0.5, 0.6) is 0 Å². The first-order valence-electron chi connectivity index (χ1n) is 6.48. The first-order valence-corrected chi connectivity index (χ1v) is 7.36. The first-order chi connectivity index (χ1) is 9.34. The fraction of sp³-hybridized carbons (Fsp3) is 0.500. The summed E-state index contributed by atoms with van der Waals surface area (Å²) >= 11 is 1.57. The fourth-order valence-corrected chi connectivity index (χ4v) is 2.59. The van der Waals surface area contributed by atoms with Crippen molar-refractivity contribution >= 4 is 17.2 Å². The Morgan fingerprint density at radius 2 is 2.20 bits per heavy atom. The van der Waals surface area contributed by atoms with Crippen molar-refractivity contribution in [3.63, 3.8) is 0 Å². The van der Waals surface area contributed by atoms with E-state index in [2.05, 4.69) is 36.2 Å². The molecule has 108 valence electrons. The maximum atomic E-state index is 11.8. The molecule has 0 fully saturated rings. The van der Waals surface area contributed by atoms with E-state index in [0.29, 0.717) is 12.3 Å². The Kier molecular flexibility index (Phi) is 4.23. The van der Waals surface area contributed by atoms with Gasteiger partial charge in [0.15, 0.2) is 0 Å². The van der Waals surface area contributed by atoms with Crippen LogP contribution in [0.1, 0.15) is 42.9 Å². The Balaban J connectivity index is 1.86. The topological polar surface area (TPSA) is 68.0 Å². The van der Waals surface area contributed by atoms with E-state index >= 15 is 0 Å². The second-order valence-electron chi connectivity index (χ2n) is 5.76. The molecule has 0 spiro atoms. The van der Waals surface area contributed by atoms with Gasteiger partial charge in [0, 0.05) is 16.9 Å². The van der Waals surface area contributed by atoms with Gasteiger partial charge in [-0.25, -0.2) is 4.98 Å². The lowest BCUT2D eigenvalue weighted by atomic mass is 9.93. The van der Waals surface area contributed by atoms with Crippen LogP contribution >= 0.6 is 11.3 Å². The van der Waals surface area contributed by atoms with E-state index in [1.807, 2.05) is 12.3 Å². The number of nitrogens with one attached hydrogen (secondary N) is 1. The first kappa shape index (κ1) is 14.7. The predicted molar refractivity (Wildman–Crippen MR) is 77.6 cm³/mol. The molecule has 2 heterocycles. The van der Waals surface area contributed by atoms with Crippen molar-refractivity contribution in [2.75, 3.05) is 0 Å². The number of carbonyl (C=O) groups excluding carboxylic acids is 1. The average Bonchev–Trinajstić information content (AvgIpc) is 2.95. The highest BCUT2D eigenvalue weighted by Gasteiger charge is 2.17. The number of carbonyl (C=O) groups is 1. The van der Waals surface area contributed by atoms with Crippen LogP contribution in [0.3, 0.4) is 0 Å². The van der Waals surface area contributed by atoms with Crippen LogP contribution in [-0.2, 0) is 23.2 Å². The average molecular weight is 293 g/mol. The van der Waals surface area contributed by atoms with Gasteiger partial charge in [0.1, 0.15) is 10.8 Å². The molecule has 0 aromatic carbocycles. The van der Waals surface area contributed by atoms with Crippen LogP contribution in [0, 0.1) is 6.92 Å². The number of aryl methyl sites for hydroxylation is 1. The summed E-state index contributed by atoms with van der Waals surface area (Å²) in [6.45, 7) is 8.64. The molecular weight excluding hydrogens is 274 g/mol. The molecule has 0 aliphatic heterocycles. The summed E-state index contributed by atoms with van der Waals surface area (Å²) in [5.74, 6) is 0.489. The molecule has 0 saturated heterocycles. The molecule has 0 bridgehead atoms. The van der Waals surface area contributed by atoms with Gasteiger partial charge in [-0.2, -0.15) is 0 Å². The van der Waals surface area contributed by atoms with E-state index in [9.17, 15) is 4.79 Å². The zero-order valence-corrected chi connectivity index (χ0v) is 13.0. The molecule has 1 N–H and O–H groups in total. The lowest BCUT2D eigenvalue weighted by Crippen LogP contribution is -2.24. The van der Waals surface area contributed by atoms with Crippen LogP contribution in [0.25, 0.3) is 0 Å². The Morgan fingerprint density at radius 1 is 1.45 bits per heavy atom. The molecule has 0 aliphatic rings. The van der Waals surface area contributed by atoms with E-state index in [1.165, 1.54) is 0 Å². The number of nitrogens with zero attached hydrogens (tertiary/aromatic N) is 2. The Labute approximate surface area is 122 Å². The van der Waals surface area contributed by atoms with Crippen molar-refractivity contribution in [2.45, 2.75) is 46.1 Å². The summed E-state index contributed by atoms with van der Waals surface area (Å²) in [7, 11) is 0. The number of rotatable bonds is 4. The van der Waals surface area contributed by atoms with Gasteiger partial charge in [-0.3, -0.25) is 4.79 Å². The lowest BCUT2D eigenvalue weighted by molar-refractivity contribution is -0.120. The molecule has 1 amide bonds. The highest BCUT2D eigenvalue weighted by Crippen LogP contribution is 2.23. The summed E-state index contributed by atoms with van der Waals surface area (Å²) in [5.41, 5.74) is 1.87. The largest absolute Gasteiger partial charge is 0.361 e. The third kappa shape index (κ3) is 3.90. The molecule has 2 rings (SSSR count). The number of hydrogen-bond acceptors (Lipinski definition) is 5. The smallest absolute Gasteiger partial charge is 0.228 e. The van der Waals surface area contributed by atoms with Crippen molar-refractivity contribution in [2.24, 2.45) is 0 Å². The summed E-state index contributed by atoms with van der Waals surface area (Å²) in [6, 6.07) is 1.76. The third-order valence-electron chi connectivity index (χ3n) is 2.77. The second kappa shape index (κ2) is 5.75. The van der Waals surface area contributed by atoms with Crippen LogP contribution < -0.4 is 5.32 Å². The Bertz CT molecular complexity index is 596. The zero-order chi connectivity index (χ0) is 14.8. The minimum atomic E-state index is -0.0892. The molecule has 2 aromatic rings. The van der Waals surface area contributed by atoms with E-state index < -0.39 is 0 Å². The molecule has 6 heteroatoms. The number of aromatic nitrogens is 2. The van der Waals surface area contributed by atoms with E-state index in [0.717, 1.165) is 16.4 Å². The van der Waals surface area contributed by atoms with Crippen LogP contribution in [-0.4, -0.2) is 16.0 Å². The third-order valence-corrected chi connectivity index (χ3v) is 3.62. The SMILES string of the molecule is Cc1cc(CC(=O)NCc2nc(C(C)(C)C)cs2)on1. The summed E-state index contributed by atoms with van der Waals surface area (Å²) in [6.07, 6.45) is 0.207. The fourth-order valence-electron chi connectivity index (χ4n) is 1.63. The van der Waals surface area contributed by atoms with Gasteiger partial charge in [0.2, 0.25) is 5.91 Å². The summed E-state index contributed by atoms with van der Waals surface area (Å²) in [4.78, 5) is 16.3. The van der Waals surface area contributed by atoms with Gasteiger partial charge in [0.25, 0.3) is 0 Å². The van der Waals surface area contributed by atoms with E-state index in [1.54, 1.807) is 17.4 Å². The van der Waals surface area contributed by atoms with Gasteiger partial charge in [-0.1, -0.05) is 25.9 Å². The summed E-state index contributed by atoms with van der Waals surface area (Å²) in [5, 5.41) is 9.55. The van der Waals surface area contributed by atoms with Crippen molar-refractivity contribution < 1.29 is 9.32 Å². The standard InChI is InChI=1S/C14H19N3O2S/c1-9-5-10(19-17-9)6-12(18)15-7-13-16-11(8-20-13)14(2,3)4/h5,8H,6-7H2,1-4H3,(H,15,18). The molecule has 0 unspecified atom stereocenters. The molecule has 0 radical (unpaired) electrons. The number of hydrogen-bond donors (Lipinski definition) is 1. The molecular formula is C14H19N3O2S. The van der Waals surface area contributed by atoms with Crippen molar-refractivity contribution in [1.82, 2.24) is 15.5 Å². The van der Waals surface area contributed by atoms with Crippen LogP contribution in [0.15, 0.2) is 16.0 Å². The molecule has 5 nitrogen and oxygen atoms in total. The zero-order valence-electron chi connectivity index (χ0n) is 12.2. The minimum Gasteiger partial charge on any atom is -0.361 e. The molecule has 0 saturated carbocycles. The lowest BCUT2D eigenvalue weighted by Gasteiger charge is -2.14. The summed E-state index contributed by atoms with van der Waals surface area (Å²) < 4.78 is 5.01. The highest BCUT2D eigenvalue weighted by atomic mass is 32.1. The molecule has 0 aliphatic carbocycles. The Morgan fingerprint density at radius 3 is 2.75 bits per heavy atom. The minimum absolute atomic E-state index is 0.0378. The highest BCUT2D eigenvalue weighted by molar-refractivity contribution is 7.09. The Hall–Kier alpha value is -1.69. The van der Waals surface area contributed by atoms with Crippen LogP contribution in [0.2, 0.25) is 0 Å². The van der Waals surface area contributed by atoms with Crippen molar-refractivity contribution in [1.29, 1.82) is 0 Å². The normalized spacial score (nSPS) is 11.6. The van der Waals surface area contributed by atoms with Gasteiger partial charge in [-0.15, -0.1) is 11.3 Å². The van der Waals surface area contributed by atoms with Crippen molar-refractivity contribution in [3.05, 3.63) is 33.6 Å². The number of thiazole rings is 1.